The van der Waals surface area contributed by atoms with Gasteiger partial charge in [-0.2, -0.15) is 0 Å². The summed E-state index contributed by atoms with van der Waals surface area (Å²) in [5.74, 6) is 0.269. The molecule has 0 aliphatic carbocycles. The van der Waals surface area contributed by atoms with Gasteiger partial charge < -0.3 is 10.1 Å². The predicted octanol–water partition coefficient (Wildman–Crippen LogP) is 3.36. The second-order valence-corrected chi connectivity index (χ2v) is 4.96. The molecule has 0 fully saturated rings. The Morgan fingerprint density at radius 2 is 2.26 bits per heavy atom. The first-order chi connectivity index (χ1) is 9.28. The molecular weight excluding hydrogens is 263 g/mol. The van der Waals surface area contributed by atoms with Gasteiger partial charge in [-0.1, -0.05) is 6.92 Å². The fourth-order valence-corrected chi connectivity index (χ4v) is 2.22. The zero-order valence-corrected chi connectivity index (χ0v) is 11.7. The van der Waals surface area contributed by atoms with Crippen molar-refractivity contribution in [3.63, 3.8) is 0 Å². The van der Waals surface area contributed by atoms with E-state index in [1.807, 2.05) is 11.4 Å². The monoisotopic (exact) mass is 280 g/mol. The SMILES string of the molecule is CCCNCc1cc(F)cc(OCc2cscn2)c1. The second kappa shape index (κ2) is 7.21. The number of nitrogens with one attached hydrogen (secondary N) is 1. The Morgan fingerprint density at radius 1 is 1.37 bits per heavy atom. The molecule has 102 valence electrons. The van der Waals surface area contributed by atoms with Gasteiger partial charge in [0.25, 0.3) is 0 Å². The van der Waals surface area contributed by atoms with Gasteiger partial charge in [0.05, 0.1) is 11.2 Å². The zero-order chi connectivity index (χ0) is 13.5. The Hall–Kier alpha value is -1.46. The van der Waals surface area contributed by atoms with E-state index in [9.17, 15) is 4.39 Å². The summed E-state index contributed by atoms with van der Waals surface area (Å²) in [5.41, 5.74) is 3.51. The summed E-state index contributed by atoms with van der Waals surface area (Å²) in [6, 6.07) is 4.78. The predicted molar refractivity (Wildman–Crippen MR) is 74.8 cm³/mol. The van der Waals surface area contributed by atoms with Crippen LogP contribution < -0.4 is 10.1 Å². The van der Waals surface area contributed by atoms with Crippen molar-refractivity contribution in [2.75, 3.05) is 6.54 Å². The molecule has 0 radical (unpaired) electrons. The molecule has 1 heterocycles. The molecule has 0 unspecified atom stereocenters. The Labute approximate surface area is 116 Å². The largest absolute Gasteiger partial charge is 0.487 e. The molecule has 0 saturated heterocycles. The van der Waals surface area contributed by atoms with Gasteiger partial charge >= 0.3 is 0 Å². The van der Waals surface area contributed by atoms with Gasteiger partial charge in [-0.15, -0.1) is 11.3 Å². The lowest BCUT2D eigenvalue weighted by Crippen LogP contribution is -2.14. The molecule has 0 aliphatic heterocycles. The van der Waals surface area contributed by atoms with E-state index in [-0.39, 0.29) is 5.82 Å². The van der Waals surface area contributed by atoms with Crippen LogP contribution in [-0.2, 0) is 13.2 Å². The van der Waals surface area contributed by atoms with Crippen LogP contribution in [0.2, 0.25) is 0 Å². The number of thiazole rings is 1. The summed E-state index contributed by atoms with van der Waals surface area (Å²) in [7, 11) is 0. The molecule has 2 rings (SSSR count). The van der Waals surface area contributed by atoms with E-state index in [2.05, 4.69) is 17.2 Å². The van der Waals surface area contributed by atoms with E-state index in [0.29, 0.717) is 18.9 Å². The van der Waals surface area contributed by atoms with Gasteiger partial charge in [0.2, 0.25) is 0 Å². The van der Waals surface area contributed by atoms with Crippen LogP contribution in [0.25, 0.3) is 0 Å². The molecule has 5 heteroatoms. The van der Waals surface area contributed by atoms with Crippen molar-refractivity contribution in [3.05, 3.63) is 46.2 Å². The summed E-state index contributed by atoms with van der Waals surface area (Å²) >= 11 is 1.52. The molecule has 0 amide bonds. The van der Waals surface area contributed by atoms with Gasteiger partial charge in [0.1, 0.15) is 18.2 Å². The van der Waals surface area contributed by atoms with E-state index >= 15 is 0 Å². The normalized spacial score (nSPS) is 10.6. The second-order valence-electron chi connectivity index (χ2n) is 4.24. The number of nitrogens with zero attached hydrogens (tertiary/aromatic N) is 1. The van der Waals surface area contributed by atoms with Crippen LogP contribution in [0.15, 0.2) is 29.1 Å². The van der Waals surface area contributed by atoms with Crippen molar-refractivity contribution in [1.82, 2.24) is 10.3 Å². The van der Waals surface area contributed by atoms with E-state index in [0.717, 1.165) is 24.2 Å². The number of hydrogen-bond acceptors (Lipinski definition) is 4. The molecule has 0 saturated carbocycles. The first kappa shape index (κ1) is 14.0. The molecule has 3 nitrogen and oxygen atoms in total. The van der Waals surface area contributed by atoms with Crippen LogP contribution in [0, 0.1) is 5.82 Å². The molecule has 0 atom stereocenters. The first-order valence-corrected chi connectivity index (χ1v) is 7.22. The number of ether oxygens (including phenoxy) is 1. The van der Waals surface area contributed by atoms with Crippen molar-refractivity contribution < 1.29 is 9.13 Å². The third-order valence-electron chi connectivity index (χ3n) is 2.56. The van der Waals surface area contributed by atoms with E-state index in [1.54, 1.807) is 5.51 Å². The lowest BCUT2D eigenvalue weighted by molar-refractivity contribution is 0.300. The molecule has 1 aromatic heterocycles. The highest BCUT2D eigenvalue weighted by Crippen LogP contribution is 2.18. The fraction of sp³-hybridized carbons (Fsp3) is 0.357. The van der Waals surface area contributed by atoms with Crippen molar-refractivity contribution in [3.8, 4) is 5.75 Å². The average Bonchev–Trinajstić information content (AvgIpc) is 2.89. The third kappa shape index (κ3) is 4.61. The molecular formula is C14H17FN2OS. The van der Waals surface area contributed by atoms with Crippen molar-refractivity contribution in [2.45, 2.75) is 26.5 Å². The Morgan fingerprint density at radius 3 is 3.00 bits per heavy atom. The number of rotatable bonds is 7. The summed E-state index contributed by atoms with van der Waals surface area (Å²) in [5, 5.41) is 5.16. The quantitative estimate of drug-likeness (QED) is 0.790. The third-order valence-corrected chi connectivity index (χ3v) is 3.19. The lowest BCUT2D eigenvalue weighted by atomic mass is 10.2. The highest BCUT2D eigenvalue weighted by Gasteiger charge is 2.03. The number of halogens is 1. The topological polar surface area (TPSA) is 34.1 Å². The average molecular weight is 280 g/mol. The molecule has 0 bridgehead atoms. The fourth-order valence-electron chi connectivity index (χ4n) is 1.68. The molecule has 19 heavy (non-hydrogen) atoms. The Balaban J connectivity index is 1.95. The van der Waals surface area contributed by atoms with Crippen molar-refractivity contribution >= 4 is 11.3 Å². The van der Waals surface area contributed by atoms with Crippen molar-refractivity contribution in [2.24, 2.45) is 0 Å². The minimum atomic E-state index is -0.274. The number of aromatic nitrogens is 1. The number of hydrogen-bond donors (Lipinski definition) is 1. The standard InChI is InChI=1S/C14H17FN2OS/c1-2-3-16-7-11-4-12(15)6-14(5-11)18-8-13-9-19-10-17-13/h4-6,9-10,16H,2-3,7-8H2,1H3. The van der Waals surface area contributed by atoms with E-state index < -0.39 is 0 Å². The van der Waals surface area contributed by atoms with Crippen LogP contribution >= 0.6 is 11.3 Å². The van der Waals surface area contributed by atoms with Gasteiger partial charge in [-0.3, -0.25) is 0 Å². The Kier molecular flexibility index (Phi) is 5.30. The minimum Gasteiger partial charge on any atom is -0.487 e. The van der Waals surface area contributed by atoms with Crippen LogP contribution in [0.5, 0.6) is 5.75 Å². The highest BCUT2D eigenvalue weighted by atomic mass is 32.1. The van der Waals surface area contributed by atoms with Gasteiger partial charge in [-0.05, 0) is 30.7 Å². The van der Waals surface area contributed by atoms with Gasteiger partial charge in [0.15, 0.2) is 0 Å². The molecule has 1 aromatic carbocycles. The van der Waals surface area contributed by atoms with Gasteiger partial charge in [0, 0.05) is 18.0 Å². The van der Waals surface area contributed by atoms with Crippen molar-refractivity contribution in [1.29, 1.82) is 0 Å². The Bertz CT molecular complexity index is 502. The molecule has 0 aliphatic rings. The minimum absolute atomic E-state index is 0.274. The summed E-state index contributed by atoms with van der Waals surface area (Å²) < 4.78 is 19.0. The van der Waals surface area contributed by atoms with E-state index in [1.165, 1.54) is 23.5 Å². The van der Waals surface area contributed by atoms with Crippen LogP contribution in [0.4, 0.5) is 4.39 Å². The van der Waals surface area contributed by atoms with Crippen LogP contribution in [0.3, 0.4) is 0 Å². The van der Waals surface area contributed by atoms with E-state index in [4.69, 9.17) is 4.74 Å². The summed E-state index contributed by atoms with van der Waals surface area (Å²) in [4.78, 5) is 4.12. The highest BCUT2D eigenvalue weighted by molar-refractivity contribution is 7.07. The molecule has 0 spiro atoms. The first-order valence-electron chi connectivity index (χ1n) is 6.28. The molecule has 1 N–H and O–H groups in total. The number of benzene rings is 1. The van der Waals surface area contributed by atoms with Crippen LogP contribution in [0.1, 0.15) is 24.6 Å². The maximum absolute atomic E-state index is 13.5. The lowest BCUT2D eigenvalue weighted by Gasteiger charge is -2.08. The maximum Gasteiger partial charge on any atom is 0.131 e. The summed E-state index contributed by atoms with van der Waals surface area (Å²) in [6.07, 6.45) is 1.06. The van der Waals surface area contributed by atoms with Gasteiger partial charge in [-0.25, -0.2) is 9.37 Å². The smallest absolute Gasteiger partial charge is 0.131 e. The molecule has 2 aromatic rings. The zero-order valence-electron chi connectivity index (χ0n) is 10.9. The summed E-state index contributed by atoms with van der Waals surface area (Å²) in [6.45, 7) is 4.04. The van der Waals surface area contributed by atoms with Crippen LogP contribution in [-0.4, -0.2) is 11.5 Å². The maximum atomic E-state index is 13.5.